The first-order valence-electron chi connectivity index (χ1n) is 7.23. The van der Waals surface area contributed by atoms with Crippen LogP contribution in [0.4, 0.5) is 0 Å². The van der Waals surface area contributed by atoms with Gasteiger partial charge in [0.05, 0.1) is 16.8 Å². The van der Waals surface area contributed by atoms with E-state index >= 15 is 0 Å². The number of hydrogen-bond donors (Lipinski definition) is 3. The molecule has 3 aromatic rings. The lowest BCUT2D eigenvalue weighted by atomic mass is 9.99. The van der Waals surface area contributed by atoms with Crippen LogP contribution in [0.1, 0.15) is 21.5 Å². The van der Waals surface area contributed by atoms with Gasteiger partial charge in [-0.1, -0.05) is 24.3 Å². The van der Waals surface area contributed by atoms with E-state index in [-0.39, 0.29) is 5.75 Å². The molecule has 0 aliphatic heterocycles. The first kappa shape index (κ1) is 15.0. The van der Waals surface area contributed by atoms with Gasteiger partial charge in [0.25, 0.3) is 5.91 Å². The van der Waals surface area contributed by atoms with Gasteiger partial charge in [0, 0.05) is 10.9 Å². The van der Waals surface area contributed by atoms with Gasteiger partial charge in [-0.05, 0) is 43.2 Å². The highest BCUT2D eigenvalue weighted by Gasteiger charge is 2.16. The molecule has 0 fully saturated rings. The normalized spacial score (nSPS) is 10.7. The summed E-state index contributed by atoms with van der Waals surface area (Å²) in [6.07, 6.45) is 0. The predicted molar refractivity (Wildman–Crippen MR) is 90.0 cm³/mol. The fourth-order valence-corrected chi connectivity index (χ4v) is 2.62. The molecular formula is C18H17N3O2. The predicted octanol–water partition coefficient (Wildman–Crippen LogP) is 2.83. The molecule has 1 heterocycles. The maximum absolute atomic E-state index is 12.2. The van der Waals surface area contributed by atoms with Crippen LogP contribution in [-0.4, -0.2) is 16.0 Å². The van der Waals surface area contributed by atoms with Gasteiger partial charge in [0.2, 0.25) is 0 Å². The lowest BCUT2D eigenvalue weighted by molar-refractivity contribution is 0.0955. The monoisotopic (exact) mass is 307 g/mol. The van der Waals surface area contributed by atoms with Crippen LogP contribution in [0.2, 0.25) is 0 Å². The number of nitrogens with two attached hydrogens (primary N) is 1. The van der Waals surface area contributed by atoms with Gasteiger partial charge in [-0.25, -0.2) is 10.8 Å². The zero-order chi connectivity index (χ0) is 16.6. The maximum Gasteiger partial charge on any atom is 0.265 e. The second-order valence-corrected chi connectivity index (χ2v) is 5.45. The summed E-state index contributed by atoms with van der Waals surface area (Å²) >= 11 is 0. The summed E-state index contributed by atoms with van der Waals surface area (Å²) in [5, 5.41) is 10.8. The molecule has 23 heavy (non-hydrogen) atoms. The Kier molecular flexibility index (Phi) is 3.72. The molecule has 4 N–H and O–H groups in total. The van der Waals surface area contributed by atoms with Crippen LogP contribution in [0.3, 0.4) is 0 Å². The van der Waals surface area contributed by atoms with Crippen molar-refractivity contribution in [2.24, 2.45) is 5.84 Å². The number of benzene rings is 2. The van der Waals surface area contributed by atoms with Crippen molar-refractivity contribution in [2.75, 3.05) is 0 Å². The van der Waals surface area contributed by atoms with Crippen LogP contribution < -0.4 is 11.3 Å². The highest BCUT2D eigenvalue weighted by atomic mass is 16.3. The van der Waals surface area contributed by atoms with E-state index in [1.807, 2.05) is 32.0 Å². The molecule has 0 radical (unpaired) electrons. The number of nitrogen functional groups attached to an aromatic ring is 1. The molecule has 5 nitrogen and oxygen atoms in total. The number of carbonyl (C=O) groups excluding carboxylic acids is 1. The quantitative estimate of drug-likeness (QED) is 0.386. The summed E-state index contributed by atoms with van der Waals surface area (Å²) in [4.78, 5) is 16.8. The van der Waals surface area contributed by atoms with Crippen molar-refractivity contribution in [2.45, 2.75) is 13.8 Å². The lowest BCUT2D eigenvalue weighted by Gasteiger charge is -2.12. The van der Waals surface area contributed by atoms with Crippen molar-refractivity contribution < 1.29 is 9.90 Å². The van der Waals surface area contributed by atoms with Crippen molar-refractivity contribution >= 4 is 16.8 Å². The smallest absolute Gasteiger partial charge is 0.265 e. The molecule has 0 bridgehead atoms. The number of phenolic OH excluding ortho intramolecular Hbond substituents is 1. The molecule has 116 valence electrons. The fraction of sp³-hybridized carbons (Fsp3) is 0.111. The summed E-state index contributed by atoms with van der Waals surface area (Å²) in [5.74, 6) is 5.04. The summed E-state index contributed by atoms with van der Waals surface area (Å²) in [6, 6.07) is 12.4. The number of amides is 1. The van der Waals surface area contributed by atoms with Crippen LogP contribution >= 0.6 is 0 Å². The number of pyridine rings is 1. The van der Waals surface area contributed by atoms with Gasteiger partial charge in [-0.2, -0.15) is 0 Å². The third-order valence-electron chi connectivity index (χ3n) is 4.06. The van der Waals surface area contributed by atoms with E-state index in [1.54, 1.807) is 24.3 Å². The molecule has 0 aliphatic rings. The second-order valence-electron chi connectivity index (χ2n) is 5.45. The van der Waals surface area contributed by atoms with E-state index in [2.05, 4.69) is 10.4 Å². The van der Waals surface area contributed by atoms with E-state index in [1.165, 1.54) is 0 Å². The fourth-order valence-electron chi connectivity index (χ4n) is 2.62. The number of rotatable bonds is 2. The highest BCUT2D eigenvalue weighted by Crippen LogP contribution is 2.32. The van der Waals surface area contributed by atoms with Crippen molar-refractivity contribution in [3.8, 4) is 17.0 Å². The van der Waals surface area contributed by atoms with Crippen molar-refractivity contribution in [1.82, 2.24) is 10.4 Å². The van der Waals surface area contributed by atoms with Crippen molar-refractivity contribution in [3.63, 3.8) is 0 Å². The zero-order valence-electron chi connectivity index (χ0n) is 12.9. The van der Waals surface area contributed by atoms with E-state index in [0.29, 0.717) is 16.8 Å². The molecule has 5 heteroatoms. The average molecular weight is 307 g/mol. The molecule has 0 aliphatic carbocycles. The number of aryl methyl sites for hydroxylation is 2. The molecule has 1 aromatic heterocycles. The van der Waals surface area contributed by atoms with Gasteiger partial charge < -0.3 is 5.11 Å². The largest absolute Gasteiger partial charge is 0.507 e. The Balaban J connectivity index is 2.39. The van der Waals surface area contributed by atoms with Gasteiger partial charge in [-0.15, -0.1) is 0 Å². The molecule has 3 rings (SSSR count). The minimum Gasteiger partial charge on any atom is -0.507 e. The number of hydrogen-bond acceptors (Lipinski definition) is 4. The Bertz CT molecular complexity index is 920. The third-order valence-corrected chi connectivity index (χ3v) is 4.06. The van der Waals surface area contributed by atoms with Gasteiger partial charge in [0.15, 0.2) is 0 Å². The number of fused-ring (bicyclic) bond motifs is 1. The number of para-hydroxylation sites is 1. The molecule has 2 aromatic carbocycles. The van der Waals surface area contributed by atoms with E-state index in [4.69, 9.17) is 5.84 Å². The molecule has 0 unspecified atom stereocenters. The highest BCUT2D eigenvalue weighted by molar-refractivity contribution is 6.07. The number of nitrogens with zero attached hydrogens (tertiary/aromatic N) is 1. The van der Waals surface area contributed by atoms with Crippen LogP contribution in [0, 0.1) is 13.8 Å². The summed E-state index contributed by atoms with van der Waals surface area (Å²) in [7, 11) is 0. The van der Waals surface area contributed by atoms with Crippen molar-refractivity contribution in [1.29, 1.82) is 0 Å². The van der Waals surface area contributed by atoms with Crippen LogP contribution in [0.5, 0.6) is 5.75 Å². The van der Waals surface area contributed by atoms with Crippen LogP contribution in [0.25, 0.3) is 22.2 Å². The van der Waals surface area contributed by atoms with Gasteiger partial charge in [0.1, 0.15) is 5.75 Å². The SMILES string of the molecule is Cc1ccc2c(C(=O)NN)cc(-c3ccccc3O)nc2c1C. The summed E-state index contributed by atoms with van der Waals surface area (Å²) in [6.45, 7) is 3.95. The Morgan fingerprint density at radius 1 is 1.17 bits per heavy atom. The number of carbonyl (C=O) groups is 1. The molecule has 0 saturated heterocycles. The lowest BCUT2D eigenvalue weighted by Crippen LogP contribution is -2.30. The minimum absolute atomic E-state index is 0.115. The zero-order valence-corrected chi connectivity index (χ0v) is 12.9. The first-order valence-corrected chi connectivity index (χ1v) is 7.23. The summed E-state index contributed by atoms with van der Waals surface area (Å²) in [5.41, 5.74) is 6.50. The Morgan fingerprint density at radius 2 is 1.91 bits per heavy atom. The Hall–Kier alpha value is -2.92. The molecular weight excluding hydrogens is 290 g/mol. The number of hydrazine groups is 1. The maximum atomic E-state index is 12.2. The topological polar surface area (TPSA) is 88.2 Å². The number of nitrogens with one attached hydrogen (secondary N) is 1. The van der Waals surface area contributed by atoms with E-state index < -0.39 is 5.91 Å². The number of aromatic hydroxyl groups is 1. The van der Waals surface area contributed by atoms with Gasteiger partial charge >= 0.3 is 0 Å². The summed E-state index contributed by atoms with van der Waals surface area (Å²) < 4.78 is 0. The van der Waals surface area contributed by atoms with E-state index in [0.717, 1.165) is 22.0 Å². The van der Waals surface area contributed by atoms with Crippen LogP contribution in [0.15, 0.2) is 42.5 Å². The Labute approximate surface area is 133 Å². The molecule has 0 spiro atoms. The standard InChI is InChI=1S/C18H17N3O2/c1-10-7-8-12-14(18(23)21-19)9-15(20-17(12)11(10)2)13-5-3-4-6-16(13)22/h3-9,22H,19H2,1-2H3,(H,21,23). The third kappa shape index (κ3) is 2.51. The van der Waals surface area contributed by atoms with Crippen molar-refractivity contribution in [3.05, 3.63) is 59.2 Å². The molecule has 0 atom stereocenters. The average Bonchev–Trinajstić information content (AvgIpc) is 2.57. The Morgan fingerprint density at radius 3 is 2.61 bits per heavy atom. The minimum atomic E-state index is -0.391. The van der Waals surface area contributed by atoms with Gasteiger partial charge in [-0.3, -0.25) is 10.2 Å². The molecule has 0 saturated carbocycles. The van der Waals surface area contributed by atoms with Crippen LogP contribution in [-0.2, 0) is 0 Å². The second kappa shape index (κ2) is 5.70. The number of phenols is 1. The first-order chi connectivity index (χ1) is 11.0. The van der Waals surface area contributed by atoms with E-state index in [9.17, 15) is 9.90 Å². The number of aromatic nitrogens is 1. The molecule has 1 amide bonds.